The van der Waals surface area contributed by atoms with Gasteiger partial charge in [0.15, 0.2) is 0 Å². The summed E-state index contributed by atoms with van der Waals surface area (Å²) in [6.45, 7) is 9.38. The monoisotopic (exact) mass is 257 g/mol. The highest BCUT2D eigenvalue weighted by atomic mass is 16.5. The highest BCUT2D eigenvalue weighted by Crippen LogP contribution is 2.07. The van der Waals surface area contributed by atoms with Gasteiger partial charge in [-0.2, -0.15) is 0 Å². The van der Waals surface area contributed by atoms with Crippen LogP contribution < -0.4 is 10.6 Å². The number of ether oxygens (including phenoxy) is 1. The van der Waals surface area contributed by atoms with Crippen LogP contribution in [0.15, 0.2) is 0 Å². The Labute approximate surface area is 110 Å². The van der Waals surface area contributed by atoms with Crippen LogP contribution >= 0.6 is 0 Å². The first-order valence-corrected chi connectivity index (χ1v) is 6.94. The second kappa shape index (κ2) is 8.45. The molecule has 106 valence electrons. The van der Waals surface area contributed by atoms with Crippen molar-refractivity contribution in [1.29, 1.82) is 0 Å². The predicted molar refractivity (Wildman–Crippen MR) is 72.6 cm³/mol. The molecule has 0 radical (unpaired) electrons. The summed E-state index contributed by atoms with van der Waals surface area (Å²) in [5.74, 6) is 0.471. The lowest BCUT2D eigenvalue weighted by Gasteiger charge is -2.27. The fraction of sp³-hybridized carbons (Fsp3) is 0.923. The second-order valence-corrected chi connectivity index (χ2v) is 4.90. The number of carbonyl (C=O) groups is 1. The lowest BCUT2D eigenvalue weighted by atomic mass is 9.99. The van der Waals surface area contributed by atoms with Crippen molar-refractivity contribution in [2.75, 3.05) is 46.4 Å². The van der Waals surface area contributed by atoms with E-state index in [0.717, 1.165) is 39.3 Å². The zero-order chi connectivity index (χ0) is 13.4. The van der Waals surface area contributed by atoms with Crippen molar-refractivity contribution in [2.45, 2.75) is 26.3 Å². The van der Waals surface area contributed by atoms with E-state index in [9.17, 15) is 4.79 Å². The van der Waals surface area contributed by atoms with Gasteiger partial charge in [-0.25, -0.2) is 0 Å². The van der Waals surface area contributed by atoms with Gasteiger partial charge in [0, 0.05) is 26.2 Å². The van der Waals surface area contributed by atoms with E-state index in [0.29, 0.717) is 12.5 Å². The van der Waals surface area contributed by atoms with E-state index < -0.39 is 0 Å². The van der Waals surface area contributed by atoms with Gasteiger partial charge in [-0.3, -0.25) is 9.69 Å². The first kappa shape index (κ1) is 15.4. The molecule has 1 aliphatic rings. The van der Waals surface area contributed by atoms with Crippen LogP contribution in [0.1, 0.15) is 20.3 Å². The number of hydrogen-bond donors (Lipinski definition) is 2. The minimum absolute atomic E-state index is 0.0836. The number of morpholine rings is 1. The lowest BCUT2D eigenvalue weighted by molar-refractivity contribution is -0.124. The first-order valence-electron chi connectivity index (χ1n) is 6.94. The lowest BCUT2D eigenvalue weighted by Crippen LogP contribution is -2.49. The molecule has 1 aliphatic heterocycles. The summed E-state index contributed by atoms with van der Waals surface area (Å²) in [6, 6.07) is -0.0836. The molecular formula is C13H27N3O2. The van der Waals surface area contributed by atoms with Gasteiger partial charge in [-0.1, -0.05) is 20.3 Å². The number of likely N-dealkylation sites (N-methyl/N-ethyl adjacent to an activating group) is 1. The van der Waals surface area contributed by atoms with Crippen molar-refractivity contribution in [3.8, 4) is 0 Å². The fourth-order valence-electron chi connectivity index (χ4n) is 2.18. The second-order valence-electron chi connectivity index (χ2n) is 4.90. The molecule has 0 saturated carbocycles. The Bertz CT molecular complexity index is 242. The third-order valence-corrected chi connectivity index (χ3v) is 3.64. The number of carbonyl (C=O) groups excluding carboxylic acids is 1. The van der Waals surface area contributed by atoms with Gasteiger partial charge in [-0.05, 0) is 13.0 Å². The summed E-state index contributed by atoms with van der Waals surface area (Å²) < 4.78 is 5.29. The minimum Gasteiger partial charge on any atom is -0.379 e. The summed E-state index contributed by atoms with van der Waals surface area (Å²) in [5.41, 5.74) is 0. The Hall–Kier alpha value is -0.650. The highest BCUT2D eigenvalue weighted by Gasteiger charge is 2.21. The van der Waals surface area contributed by atoms with E-state index in [1.54, 1.807) is 0 Å². The molecule has 5 nitrogen and oxygen atoms in total. The third-order valence-electron chi connectivity index (χ3n) is 3.64. The standard InChI is InChI=1S/C13H27N3O2/c1-4-11(2)12(14-3)13(17)15-5-6-16-7-9-18-10-8-16/h11-12,14H,4-10H2,1-3H3,(H,15,17)/t11-,12-/m0/s1. The van der Waals surface area contributed by atoms with Gasteiger partial charge in [0.25, 0.3) is 0 Å². The van der Waals surface area contributed by atoms with Crippen molar-refractivity contribution < 1.29 is 9.53 Å². The molecule has 5 heteroatoms. The van der Waals surface area contributed by atoms with Gasteiger partial charge < -0.3 is 15.4 Å². The van der Waals surface area contributed by atoms with Crippen LogP contribution in [-0.2, 0) is 9.53 Å². The maximum Gasteiger partial charge on any atom is 0.237 e. The van der Waals surface area contributed by atoms with Crippen LogP contribution in [0.2, 0.25) is 0 Å². The fourth-order valence-corrected chi connectivity index (χ4v) is 2.18. The summed E-state index contributed by atoms with van der Waals surface area (Å²) in [7, 11) is 1.85. The number of rotatable bonds is 7. The molecule has 2 atom stereocenters. The van der Waals surface area contributed by atoms with E-state index in [1.165, 1.54) is 0 Å². The first-order chi connectivity index (χ1) is 8.69. The van der Waals surface area contributed by atoms with Crippen molar-refractivity contribution in [3.05, 3.63) is 0 Å². The quantitative estimate of drug-likeness (QED) is 0.678. The Morgan fingerprint density at radius 3 is 2.61 bits per heavy atom. The molecule has 1 rings (SSSR count). The number of hydrogen-bond acceptors (Lipinski definition) is 4. The third kappa shape index (κ3) is 4.92. The highest BCUT2D eigenvalue weighted by molar-refractivity contribution is 5.81. The van der Waals surface area contributed by atoms with Crippen LogP contribution in [0.4, 0.5) is 0 Å². The van der Waals surface area contributed by atoms with Crippen LogP contribution in [0.5, 0.6) is 0 Å². The Morgan fingerprint density at radius 1 is 1.39 bits per heavy atom. The Kier molecular flexibility index (Phi) is 7.23. The molecule has 0 bridgehead atoms. The average Bonchev–Trinajstić information content (AvgIpc) is 2.40. The molecular weight excluding hydrogens is 230 g/mol. The van der Waals surface area contributed by atoms with Crippen molar-refractivity contribution in [3.63, 3.8) is 0 Å². The molecule has 0 aliphatic carbocycles. The van der Waals surface area contributed by atoms with Gasteiger partial charge in [0.05, 0.1) is 19.3 Å². The van der Waals surface area contributed by atoms with E-state index in [2.05, 4.69) is 29.4 Å². The molecule has 0 aromatic heterocycles. The normalized spacial score (nSPS) is 20.4. The number of amides is 1. The minimum atomic E-state index is -0.0836. The zero-order valence-corrected chi connectivity index (χ0v) is 11.9. The average molecular weight is 257 g/mol. The molecule has 0 spiro atoms. The van der Waals surface area contributed by atoms with Gasteiger partial charge >= 0.3 is 0 Å². The van der Waals surface area contributed by atoms with Gasteiger partial charge in [-0.15, -0.1) is 0 Å². The number of nitrogens with one attached hydrogen (secondary N) is 2. The van der Waals surface area contributed by atoms with E-state index >= 15 is 0 Å². The smallest absolute Gasteiger partial charge is 0.237 e. The van der Waals surface area contributed by atoms with Crippen LogP contribution in [0.25, 0.3) is 0 Å². The van der Waals surface area contributed by atoms with Crippen molar-refractivity contribution >= 4 is 5.91 Å². The zero-order valence-electron chi connectivity index (χ0n) is 11.9. The molecule has 0 aromatic carbocycles. The van der Waals surface area contributed by atoms with E-state index in [1.807, 2.05) is 7.05 Å². The SMILES string of the molecule is CC[C@H](C)[C@H](NC)C(=O)NCCN1CCOCC1. The number of nitrogens with zero attached hydrogens (tertiary/aromatic N) is 1. The molecule has 2 N–H and O–H groups in total. The molecule has 1 heterocycles. The van der Waals surface area contributed by atoms with E-state index in [-0.39, 0.29) is 11.9 Å². The summed E-state index contributed by atoms with van der Waals surface area (Å²) >= 11 is 0. The topological polar surface area (TPSA) is 53.6 Å². The van der Waals surface area contributed by atoms with Crippen LogP contribution in [-0.4, -0.2) is 63.3 Å². The van der Waals surface area contributed by atoms with Crippen molar-refractivity contribution in [2.24, 2.45) is 5.92 Å². The maximum absolute atomic E-state index is 12.0. The van der Waals surface area contributed by atoms with Crippen molar-refractivity contribution in [1.82, 2.24) is 15.5 Å². The Balaban J connectivity index is 2.22. The molecule has 0 unspecified atom stereocenters. The van der Waals surface area contributed by atoms with Gasteiger partial charge in [0.2, 0.25) is 5.91 Å². The van der Waals surface area contributed by atoms with Crippen LogP contribution in [0.3, 0.4) is 0 Å². The van der Waals surface area contributed by atoms with Gasteiger partial charge in [0.1, 0.15) is 0 Å². The molecule has 0 aromatic rings. The summed E-state index contributed by atoms with van der Waals surface area (Å²) in [6.07, 6.45) is 1.00. The van der Waals surface area contributed by atoms with Crippen LogP contribution in [0, 0.1) is 5.92 Å². The van der Waals surface area contributed by atoms with E-state index in [4.69, 9.17) is 4.74 Å². The Morgan fingerprint density at radius 2 is 2.06 bits per heavy atom. The predicted octanol–water partition coefficient (Wildman–Crippen LogP) is 0.0689. The maximum atomic E-state index is 12.0. The summed E-state index contributed by atoms with van der Waals surface area (Å²) in [4.78, 5) is 14.3. The largest absolute Gasteiger partial charge is 0.379 e. The molecule has 1 amide bonds. The molecule has 1 fully saturated rings. The summed E-state index contributed by atoms with van der Waals surface area (Å²) in [5, 5.41) is 6.11. The molecule has 1 saturated heterocycles. The molecule has 18 heavy (non-hydrogen) atoms.